The quantitative estimate of drug-likeness (QED) is 0.645. The Morgan fingerprint density at radius 2 is 1.69 bits per heavy atom. The van der Waals surface area contributed by atoms with Gasteiger partial charge in [0.05, 0.1) is 12.2 Å². The smallest absolute Gasteiger partial charge is 0.272 e. The van der Waals surface area contributed by atoms with E-state index in [1.165, 1.54) is 10.7 Å². The number of hydrogen-bond donors (Lipinski definition) is 0. The van der Waals surface area contributed by atoms with Crippen molar-refractivity contribution in [1.82, 2.24) is 9.78 Å². The Kier molecular flexibility index (Phi) is 5.63. The van der Waals surface area contributed by atoms with E-state index in [1.54, 1.807) is 42.5 Å². The highest BCUT2D eigenvalue weighted by Gasteiger charge is 2.07. The van der Waals surface area contributed by atoms with Crippen LogP contribution in [0, 0.1) is 0 Å². The summed E-state index contributed by atoms with van der Waals surface area (Å²) in [5, 5.41) is 5.00. The van der Waals surface area contributed by atoms with Gasteiger partial charge in [0.25, 0.3) is 12.0 Å². The molecule has 4 nitrogen and oxygen atoms in total. The van der Waals surface area contributed by atoms with Crippen LogP contribution in [0.15, 0.2) is 65.5 Å². The van der Waals surface area contributed by atoms with Gasteiger partial charge in [-0.2, -0.15) is 5.10 Å². The summed E-state index contributed by atoms with van der Waals surface area (Å²) >= 11 is 5.87. The molecule has 26 heavy (non-hydrogen) atoms. The molecule has 0 saturated carbocycles. The van der Waals surface area contributed by atoms with Crippen LogP contribution in [0.4, 0.5) is 8.78 Å². The van der Waals surface area contributed by atoms with Gasteiger partial charge in [0, 0.05) is 16.7 Å². The van der Waals surface area contributed by atoms with Gasteiger partial charge < -0.3 is 4.74 Å². The van der Waals surface area contributed by atoms with E-state index in [2.05, 4.69) is 5.10 Å². The molecule has 0 aliphatic carbocycles. The Hall–Kier alpha value is -2.73. The highest BCUT2D eigenvalue weighted by atomic mass is 35.5. The lowest BCUT2D eigenvalue weighted by molar-refractivity contribution is 0.0819. The van der Waals surface area contributed by atoms with Crippen molar-refractivity contribution in [1.29, 1.82) is 0 Å². The summed E-state index contributed by atoms with van der Waals surface area (Å²) in [6.45, 7) is -0.330. The van der Waals surface area contributed by atoms with Gasteiger partial charge in [-0.25, -0.2) is 13.5 Å². The SMILES string of the molecule is O=c1ccc(-c2ccc(OCC(F)F)cc2)nn1Cc1ccc(Cl)cc1. The number of ether oxygens (including phenoxy) is 1. The molecule has 0 amide bonds. The van der Waals surface area contributed by atoms with Crippen molar-refractivity contribution >= 4 is 11.6 Å². The molecular formula is C19H15ClF2N2O2. The van der Waals surface area contributed by atoms with Gasteiger partial charge in [-0.3, -0.25) is 4.79 Å². The number of aromatic nitrogens is 2. The Balaban J connectivity index is 1.80. The van der Waals surface area contributed by atoms with Crippen molar-refractivity contribution in [3.05, 3.63) is 81.6 Å². The third kappa shape index (κ3) is 4.67. The lowest BCUT2D eigenvalue weighted by atomic mass is 10.1. The Morgan fingerprint density at radius 1 is 1.00 bits per heavy atom. The Morgan fingerprint density at radius 3 is 2.35 bits per heavy atom. The van der Waals surface area contributed by atoms with Crippen molar-refractivity contribution in [2.45, 2.75) is 13.0 Å². The third-order valence-corrected chi connectivity index (χ3v) is 3.89. The molecule has 0 bridgehead atoms. The Bertz CT molecular complexity index is 926. The zero-order valence-electron chi connectivity index (χ0n) is 13.6. The monoisotopic (exact) mass is 376 g/mol. The molecule has 3 rings (SSSR count). The molecule has 2 aromatic carbocycles. The van der Waals surface area contributed by atoms with Crippen LogP contribution < -0.4 is 10.3 Å². The molecule has 0 unspecified atom stereocenters. The second-order valence-electron chi connectivity index (χ2n) is 5.57. The van der Waals surface area contributed by atoms with E-state index < -0.39 is 13.0 Å². The van der Waals surface area contributed by atoms with Crippen LogP contribution in [-0.4, -0.2) is 22.8 Å². The van der Waals surface area contributed by atoms with Crippen LogP contribution in [0.5, 0.6) is 5.75 Å². The largest absolute Gasteiger partial charge is 0.488 e. The number of nitrogens with zero attached hydrogens (tertiary/aromatic N) is 2. The van der Waals surface area contributed by atoms with E-state index in [4.69, 9.17) is 16.3 Å². The molecule has 0 N–H and O–H groups in total. The van der Waals surface area contributed by atoms with Crippen molar-refractivity contribution in [3.8, 4) is 17.0 Å². The average Bonchev–Trinajstić information content (AvgIpc) is 2.64. The first-order chi connectivity index (χ1) is 12.5. The van der Waals surface area contributed by atoms with E-state index in [1.807, 2.05) is 12.1 Å². The highest BCUT2D eigenvalue weighted by molar-refractivity contribution is 6.30. The Labute approximate surface area is 153 Å². The minimum absolute atomic E-state index is 0.222. The number of halogens is 3. The summed E-state index contributed by atoms with van der Waals surface area (Å²) in [7, 11) is 0. The first-order valence-electron chi connectivity index (χ1n) is 7.85. The zero-order chi connectivity index (χ0) is 18.5. The molecule has 0 spiro atoms. The van der Waals surface area contributed by atoms with E-state index in [9.17, 15) is 13.6 Å². The van der Waals surface area contributed by atoms with Gasteiger partial charge in [-0.1, -0.05) is 23.7 Å². The molecular weight excluding hydrogens is 362 g/mol. The predicted molar refractivity (Wildman–Crippen MR) is 96.0 cm³/mol. The zero-order valence-corrected chi connectivity index (χ0v) is 14.4. The fourth-order valence-corrected chi connectivity index (χ4v) is 2.49. The number of alkyl halides is 2. The van der Waals surface area contributed by atoms with E-state index >= 15 is 0 Å². The fourth-order valence-electron chi connectivity index (χ4n) is 2.36. The molecule has 0 aliphatic rings. The lowest BCUT2D eigenvalue weighted by Gasteiger charge is -2.09. The van der Waals surface area contributed by atoms with Gasteiger partial charge in [-0.05, 0) is 48.0 Å². The number of rotatable bonds is 6. The predicted octanol–water partition coefficient (Wildman–Crippen LogP) is 4.26. The number of hydrogen-bond acceptors (Lipinski definition) is 3. The summed E-state index contributed by atoms with van der Waals surface area (Å²) < 4.78 is 30.7. The molecule has 7 heteroatoms. The maximum Gasteiger partial charge on any atom is 0.272 e. The first kappa shape index (κ1) is 18.1. The molecule has 3 aromatic rings. The maximum atomic E-state index is 12.2. The molecule has 1 heterocycles. The highest BCUT2D eigenvalue weighted by Crippen LogP contribution is 2.20. The summed E-state index contributed by atoms with van der Waals surface area (Å²) in [5.41, 5.74) is 2.02. The molecule has 0 fully saturated rings. The van der Waals surface area contributed by atoms with Crippen LogP contribution >= 0.6 is 11.6 Å². The number of benzene rings is 2. The standard InChI is InChI=1S/C19H15ClF2N2O2/c20-15-5-1-13(2-6-15)11-24-19(25)10-9-17(23-24)14-3-7-16(8-4-14)26-12-18(21)22/h1-10,18H,11-12H2. The first-order valence-corrected chi connectivity index (χ1v) is 8.23. The van der Waals surface area contributed by atoms with Gasteiger partial charge >= 0.3 is 0 Å². The minimum atomic E-state index is -2.52. The minimum Gasteiger partial charge on any atom is -0.488 e. The second kappa shape index (κ2) is 8.10. The average molecular weight is 377 g/mol. The van der Waals surface area contributed by atoms with Crippen LogP contribution in [0.2, 0.25) is 5.02 Å². The summed E-state index contributed by atoms with van der Waals surface area (Å²) in [5.74, 6) is 0.350. The van der Waals surface area contributed by atoms with Crippen molar-refractivity contribution < 1.29 is 13.5 Å². The van der Waals surface area contributed by atoms with Crippen molar-refractivity contribution in [2.75, 3.05) is 6.61 Å². The molecule has 1 aromatic heterocycles. The molecule has 0 aliphatic heterocycles. The fraction of sp³-hybridized carbons (Fsp3) is 0.158. The van der Waals surface area contributed by atoms with Gasteiger partial charge in [0.15, 0.2) is 0 Å². The molecule has 0 saturated heterocycles. The van der Waals surface area contributed by atoms with E-state index in [0.29, 0.717) is 23.0 Å². The summed E-state index contributed by atoms with van der Waals surface area (Å²) in [6.07, 6.45) is -2.52. The topological polar surface area (TPSA) is 44.1 Å². The van der Waals surface area contributed by atoms with Gasteiger partial charge in [-0.15, -0.1) is 0 Å². The second-order valence-corrected chi connectivity index (χ2v) is 6.00. The normalized spacial score (nSPS) is 10.9. The van der Waals surface area contributed by atoms with Crippen molar-refractivity contribution in [3.63, 3.8) is 0 Å². The lowest BCUT2D eigenvalue weighted by Crippen LogP contribution is -2.22. The van der Waals surface area contributed by atoms with Crippen molar-refractivity contribution in [2.24, 2.45) is 0 Å². The summed E-state index contributed by atoms with van der Waals surface area (Å²) in [6, 6.07) is 16.8. The van der Waals surface area contributed by atoms with E-state index in [0.717, 1.165) is 11.1 Å². The van der Waals surface area contributed by atoms with Crippen LogP contribution in [0.1, 0.15) is 5.56 Å². The molecule has 0 atom stereocenters. The molecule has 134 valence electrons. The molecule has 0 radical (unpaired) electrons. The van der Waals surface area contributed by atoms with Gasteiger partial charge in [0.2, 0.25) is 0 Å². The van der Waals surface area contributed by atoms with E-state index in [-0.39, 0.29) is 5.56 Å². The van der Waals surface area contributed by atoms with Crippen LogP contribution in [0.25, 0.3) is 11.3 Å². The van der Waals surface area contributed by atoms with Gasteiger partial charge in [0.1, 0.15) is 12.4 Å². The third-order valence-electron chi connectivity index (χ3n) is 3.64. The maximum absolute atomic E-state index is 12.2. The van der Waals surface area contributed by atoms with Crippen LogP contribution in [-0.2, 0) is 6.54 Å². The summed E-state index contributed by atoms with van der Waals surface area (Å²) in [4.78, 5) is 12.1. The van der Waals surface area contributed by atoms with Crippen LogP contribution in [0.3, 0.4) is 0 Å².